The first kappa shape index (κ1) is 3.97. The number of hydrogen-bond donors (Lipinski definition) is 0. The summed E-state index contributed by atoms with van der Waals surface area (Å²) < 4.78 is 9.27. The molecule has 0 saturated carbocycles. The van der Waals surface area contributed by atoms with Crippen molar-refractivity contribution in [3.8, 4) is 0 Å². The molecule has 0 bridgehead atoms. The molecule has 0 rings (SSSR count). The van der Waals surface area contributed by atoms with Gasteiger partial charge in [-0.2, -0.15) is 0 Å². The zero-order valence-corrected chi connectivity index (χ0v) is 3.49. The first-order chi connectivity index (χ1) is 1.91. The van der Waals surface area contributed by atoms with E-state index in [0.29, 0.717) is 0 Å². The van der Waals surface area contributed by atoms with Gasteiger partial charge in [-0.1, -0.05) is 0 Å². The molecule has 0 N–H and O–H groups in total. The Hall–Kier alpha value is -0.0300. The van der Waals surface area contributed by atoms with Crippen molar-refractivity contribution in [3.63, 3.8) is 0 Å². The van der Waals surface area contributed by atoms with Gasteiger partial charge < -0.3 is 0 Å². The average molecular weight is 76.0 g/mol. The van der Waals surface area contributed by atoms with Gasteiger partial charge in [0.25, 0.3) is 0 Å². The van der Waals surface area contributed by atoms with E-state index in [9.17, 15) is 4.57 Å². The van der Waals surface area contributed by atoms with Gasteiger partial charge in [0.15, 0.2) is 0 Å². The molecular weight excluding hydrogens is 71.0 g/mol. The van der Waals surface area contributed by atoms with Crippen molar-refractivity contribution >= 4 is 13.9 Å². The maximum Gasteiger partial charge on any atom is 0.0784 e. The van der Waals surface area contributed by atoms with E-state index in [2.05, 4.69) is 0 Å². The lowest BCUT2D eigenvalue weighted by molar-refractivity contribution is 0.606. The summed E-state index contributed by atoms with van der Waals surface area (Å²) in [6.07, 6.45) is 0. The van der Waals surface area contributed by atoms with Crippen LogP contribution in [-0.2, 0) is 4.57 Å². The van der Waals surface area contributed by atoms with Crippen LogP contribution in [0.3, 0.4) is 0 Å². The second kappa shape index (κ2) is 2.97. The van der Waals surface area contributed by atoms with Crippen molar-refractivity contribution in [1.29, 1.82) is 0 Å². The van der Waals surface area contributed by atoms with Crippen LogP contribution in [0.2, 0.25) is 0 Å². The third kappa shape index (κ3) is 1.97. The molecule has 0 aliphatic carbocycles. The van der Waals surface area contributed by atoms with Gasteiger partial charge in [-0.25, -0.2) is 0 Å². The fourth-order valence-corrected chi connectivity index (χ4v) is 0. The molecule has 0 aliphatic heterocycles. The zero-order valence-electron chi connectivity index (χ0n) is 2.49. The van der Waals surface area contributed by atoms with Gasteiger partial charge in [-0.3, -0.25) is 4.57 Å². The van der Waals surface area contributed by atoms with Gasteiger partial charge >= 0.3 is 0 Å². The lowest BCUT2D eigenvalue weighted by Crippen LogP contribution is -1.28. The molecule has 0 amide bonds. The van der Waals surface area contributed by atoms with Crippen molar-refractivity contribution in [2.24, 2.45) is 0 Å². The average Bonchev–Trinajstić information content (AvgIpc) is 1.37. The van der Waals surface area contributed by atoms with Crippen molar-refractivity contribution < 1.29 is 4.57 Å². The van der Waals surface area contributed by atoms with E-state index in [1.165, 1.54) is 0 Å². The van der Waals surface area contributed by atoms with E-state index >= 15 is 0 Å². The highest BCUT2D eigenvalue weighted by Crippen LogP contribution is 1.58. The molecular formula is C2H5OP. The minimum Gasteiger partial charge on any atom is -0.286 e. The highest BCUT2D eigenvalue weighted by Gasteiger charge is 1.29. The van der Waals surface area contributed by atoms with Crippen LogP contribution in [0.1, 0.15) is 6.92 Å². The Balaban J connectivity index is 3.11. The Bertz CT molecular complexity index is 44.0. The first-order valence-electron chi connectivity index (χ1n) is 1.07. The van der Waals surface area contributed by atoms with Gasteiger partial charge in [0.05, 0.1) is 8.08 Å². The Morgan fingerprint density at radius 2 is 2.25 bits per heavy atom. The summed E-state index contributed by atoms with van der Waals surface area (Å²) >= 11 is 0. The fraction of sp³-hybridized carbons (Fsp3) is 0.500. The zero-order chi connectivity index (χ0) is 3.41. The van der Waals surface area contributed by atoms with Crippen molar-refractivity contribution in [1.82, 2.24) is 0 Å². The molecule has 0 aliphatic rings. The Morgan fingerprint density at radius 3 is 2.25 bits per heavy atom. The molecule has 24 valence electrons. The Kier molecular flexibility index (Phi) is 2.95. The molecule has 0 aromatic heterocycles. The van der Waals surface area contributed by atoms with Gasteiger partial charge in [-0.05, 0) is 12.7 Å². The molecule has 0 aromatic rings. The summed E-state index contributed by atoms with van der Waals surface area (Å²) in [6.45, 7) is 1.76. The molecule has 0 aromatic carbocycles. The van der Waals surface area contributed by atoms with E-state index in [1.54, 1.807) is 12.7 Å². The largest absolute Gasteiger partial charge is 0.286 e. The summed E-state index contributed by atoms with van der Waals surface area (Å²) in [4.78, 5) is 0. The minimum atomic E-state index is -0.235. The summed E-state index contributed by atoms with van der Waals surface area (Å²) in [7, 11) is -0.235. The van der Waals surface area contributed by atoms with E-state index in [4.69, 9.17) is 0 Å². The third-order valence-electron chi connectivity index (χ3n) is 0.118. The molecule has 2 heteroatoms. The van der Waals surface area contributed by atoms with Crippen LogP contribution in [0.25, 0.3) is 0 Å². The minimum absolute atomic E-state index is 0.235. The number of rotatable bonds is 0. The first-order valence-corrected chi connectivity index (χ1v) is 2.06. The molecule has 0 fully saturated rings. The lowest BCUT2D eigenvalue weighted by atomic mass is 11.0. The van der Waals surface area contributed by atoms with Gasteiger partial charge in [0.1, 0.15) is 0 Å². The van der Waals surface area contributed by atoms with Crippen molar-refractivity contribution in [3.05, 3.63) is 0 Å². The van der Waals surface area contributed by atoms with E-state index in [0.717, 1.165) is 0 Å². The summed E-state index contributed by atoms with van der Waals surface area (Å²) in [5.41, 5.74) is 0. The van der Waals surface area contributed by atoms with Crippen LogP contribution in [-0.4, -0.2) is 5.80 Å². The van der Waals surface area contributed by atoms with E-state index in [-0.39, 0.29) is 8.08 Å². The molecule has 4 heavy (non-hydrogen) atoms. The molecule has 0 radical (unpaired) electrons. The summed E-state index contributed by atoms with van der Waals surface area (Å²) in [5, 5.41) is 0. The Labute approximate surface area is 26.5 Å². The maximum atomic E-state index is 9.27. The molecule has 1 atom stereocenters. The highest BCUT2D eigenvalue weighted by atomic mass is 31.0. The lowest BCUT2D eigenvalue weighted by Gasteiger charge is -1.34. The molecule has 1 nitrogen and oxygen atoms in total. The van der Waals surface area contributed by atoms with Crippen LogP contribution in [0.15, 0.2) is 0 Å². The molecule has 0 saturated heterocycles. The predicted molar refractivity (Wildman–Crippen MR) is 20.7 cm³/mol. The van der Waals surface area contributed by atoms with Crippen molar-refractivity contribution in [2.75, 3.05) is 0 Å². The quantitative estimate of drug-likeness (QED) is 0.390. The Morgan fingerprint density at radius 1 is 2.00 bits per heavy atom. The van der Waals surface area contributed by atoms with Crippen molar-refractivity contribution in [2.45, 2.75) is 6.92 Å². The maximum absolute atomic E-state index is 9.27. The highest BCUT2D eigenvalue weighted by molar-refractivity contribution is 7.24. The monoisotopic (exact) mass is 76.0 g/mol. The van der Waals surface area contributed by atoms with Crippen LogP contribution in [0.5, 0.6) is 0 Å². The van der Waals surface area contributed by atoms with Gasteiger partial charge in [0.2, 0.25) is 0 Å². The number of hydrogen-bond acceptors (Lipinski definition) is 1. The summed E-state index contributed by atoms with van der Waals surface area (Å²) in [5.74, 6) is 1.60. The van der Waals surface area contributed by atoms with Crippen LogP contribution < -0.4 is 0 Å². The third-order valence-corrected chi connectivity index (χ3v) is 0.354. The SMILES string of the molecule is CC=[PH]=O. The van der Waals surface area contributed by atoms with Gasteiger partial charge in [-0.15, -0.1) is 0 Å². The fourth-order valence-electron chi connectivity index (χ4n) is 0. The second-order valence-corrected chi connectivity index (χ2v) is 1.22. The van der Waals surface area contributed by atoms with Crippen LogP contribution in [0.4, 0.5) is 0 Å². The van der Waals surface area contributed by atoms with E-state index in [1.807, 2.05) is 0 Å². The predicted octanol–water partition coefficient (Wildman–Crippen LogP) is 0.833. The normalized spacial score (nSPS) is 7.25. The smallest absolute Gasteiger partial charge is 0.0784 e. The second-order valence-electron chi connectivity index (χ2n) is 0.407. The van der Waals surface area contributed by atoms with Crippen LogP contribution in [0, 0.1) is 0 Å². The van der Waals surface area contributed by atoms with Crippen LogP contribution >= 0.6 is 8.08 Å². The summed E-state index contributed by atoms with van der Waals surface area (Å²) in [6, 6.07) is 0. The van der Waals surface area contributed by atoms with Gasteiger partial charge in [0, 0.05) is 0 Å². The molecule has 0 heterocycles. The molecule has 1 unspecified atom stereocenters. The standard InChI is InChI=1S/C2H5OP/c1-2-4-3/h2,4H,1H3. The topological polar surface area (TPSA) is 17.1 Å². The van der Waals surface area contributed by atoms with E-state index < -0.39 is 0 Å². The molecule has 0 spiro atoms.